The summed E-state index contributed by atoms with van der Waals surface area (Å²) < 4.78 is 0. The van der Waals surface area contributed by atoms with Crippen LogP contribution in [0, 0.1) is 12.8 Å². The molecule has 5 rings (SSSR count). The number of rotatable bonds is 6. The lowest BCUT2D eigenvalue weighted by molar-refractivity contribution is -0.117. The van der Waals surface area contributed by atoms with Crippen molar-refractivity contribution in [1.29, 1.82) is 0 Å². The molecule has 1 amide bonds. The summed E-state index contributed by atoms with van der Waals surface area (Å²) >= 11 is 0. The minimum Gasteiger partial charge on any atom is -0.374 e. The maximum Gasteiger partial charge on any atom is 0.228 e. The average molecular weight is 402 g/mol. The largest absolute Gasteiger partial charge is 0.374 e. The van der Waals surface area contributed by atoms with Crippen LogP contribution < -0.4 is 10.6 Å². The molecular formula is C25H27N3O2. The third-order valence-electron chi connectivity index (χ3n) is 6.31. The summed E-state index contributed by atoms with van der Waals surface area (Å²) in [4.78, 5) is 16.4. The summed E-state index contributed by atoms with van der Waals surface area (Å²) in [6.45, 7) is 2.09. The average Bonchev–Trinajstić information content (AvgIpc) is 3.56. The number of hydrogen-bond acceptors (Lipinski definition) is 4. The molecule has 5 heteroatoms. The molecule has 2 aliphatic rings. The molecular weight excluding hydrogens is 374 g/mol. The van der Waals surface area contributed by atoms with Gasteiger partial charge in [0.1, 0.15) is 12.0 Å². The predicted molar refractivity (Wildman–Crippen MR) is 119 cm³/mol. The Balaban J connectivity index is 1.40. The van der Waals surface area contributed by atoms with Gasteiger partial charge in [-0.25, -0.2) is 4.98 Å². The predicted octanol–water partition coefficient (Wildman–Crippen LogP) is 4.69. The Morgan fingerprint density at radius 2 is 1.90 bits per heavy atom. The number of carbonyl (C=O) groups excluding carboxylic acids is 1. The number of amides is 1. The van der Waals surface area contributed by atoms with E-state index in [1.807, 2.05) is 18.3 Å². The molecule has 1 aromatic heterocycles. The van der Waals surface area contributed by atoms with Gasteiger partial charge in [-0.3, -0.25) is 10.1 Å². The zero-order chi connectivity index (χ0) is 20.7. The SMILES string of the molecule is Cc1ccc(C(O)NC2CCC2)cc1-c1ccc2cc(NC(=O)C3CC3)ncc2c1. The first kappa shape index (κ1) is 19.2. The molecule has 0 aliphatic heterocycles. The highest BCUT2D eigenvalue weighted by Crippen LogP contribution is 2.32. The number of carbonyl (C=O) groups is 1. The van der Waals surface area contributed by atoms with Gasteiger partial charge >= 0.3 is 0 Å². The van der Waals surface area contributed by atoms with Crippen LogP contribution in [0.15, 0.2) is 48.7 Å². The van der Waals surface area contributed by atoms with E-state index in [0.717, 1.165) is 58.7 Å². The van der Waals surface area contributed by atoms with Gasteiger partial charge in [0.25, 0.3) is 0 Å². The van der Waals surface area contributed by atoms with Crippen LogP contribution in [0.3, 0.4) is 0 Å². The quantitative estimate of drug-likeness (QED) is 0.524. The first-order valence-corrected chi connectivity index (χ1v) is 10.8. The first-order chi connectivity index (χ1) is 14.6. The molecule has 0 spiro atoms. The fraction of sp³-hybridized carbons (Fsp3) is 0.360. The number of aryl methyl sites for hydroxylation is 1. The van der Waals surface area contributed by atoms with E-state index in [-0.39, 0.29) is 11.8 Å². The van der Waals surface area contributed by atoms with Crippen LogP contribution in [0.1, 0.15) is 49.5 Å². The Bertz CT molecular complexity index is 1100. The summed E-state index contributed by atoms with van der Waals surface area (Å²) in [6, 6.07) is 14.8. The van der Waals surface area contributed by atoms with E-state index in [1.54, 1.807) is 0 Å². The third-order valence-corrected chi connectivity index (χ3v) is 6.31. The van der Waals surface area contributed by atoms with Crippen LogP contribution in [0.25, 0.3) is 21.9 Å². The van der Waals surface area contributed by atoms with Crippen molar-refractivity contribution in [2.24, 2.45) is 5.92 Å². The monoisotopic (exact) mass is 401 g/mol. The molecule has 3 N–H and O–H groups in total. The molecule has 1 unspecified atom stereocenters. The van der Waals surface area contributed by atoms with Gasteiger partial charge in [0.15, 0.2) is 0 Å². The Morgan fingerprint density at radius 3 is 2.63 bits per heavy atom. The molecule has 2 saturated carbocycles. The fourth-order valence-corrected chi connectivity index (χ4v) is 3.97. The van der Waals surface area contributed by atoms with E-state index in [2.05, 4.69) is 52.9 Å². The Hall–Kier alpha value is -2.76. The minimum atomic E-state index is -0.644. The van der Waals surface area contributed by atoms with Crippen LogP contribution in [-0.4, -0.2) is 22.0 Å². The van der Waals surface area contributed by atoms with E-state index in [4.69, 9.17) is 0 Å². The second-order valence-corrected chi connectivity index (χ2v) is 8.67. The molecule has 2 fully saturated rings. The molecule has 5 nitrogen and oxygen atoms in total. The summed E-state index contributed by atoms with van der Waals surface area (Å²) in [5.41, 5.74) is 4.25. The number of pyridine rings is 1. The summed E-state index contributed by atoms with van der Waals surface area (Å²) in [5.74, 6) is 0.838. The summed E-state index contributed by atoms with van der Waals surface area (Å²) in [7, 11) is 0. The van der Waals surface area contributed by atoms with Crippen LogP contribution in [0.5, 0.6) is 0 Å². The lowest BCUT2D eigenvalue weighted by atomic mass is 9.92. The number of fused-ring (bicyclic) bond motifs is 1. The van der Waals surface area contributed by atoms with Crippen LogP contribution in [-0.2, 0) is 4.79 Å². The van der Waals surface area contributed by atoms with Crippen molar-refractivity contribution in [3.63, 3.8) is 0 Å². The summed E-state index contributed by atoms with van der Waals surface area (Å²) in [6.07, 6.45) is 6.63. The van der Waals surface area contributed by atoms with Crippen molar-refractivity contribution in [1.82, 2.24) is 10.3 Å². The Labute approximate surface area is 176 Å². The molecule has 154 valence electrons. The second kappa shape index (κ2) is 7.82. The Morgan fingerprint density at radius 1 is 1.07 bits per heavy atom. The fourth-order valence-electron chi connectivity index (χ4n) is 3.97. The van der Waals surface area contributed by atoms with E-state index in [0.29, 0.717) is 11.9 Å². The number of anilines is 1. The summed E-state index contributed by atoms with van der Waals surface area (Å²) in [5, 5.41) is 18.9. The van der Waals surface area contributed by atoms with Crippen molar-refractivity contribution in [2.75, 3.05) is 5.32 Å². The number of aromatic nitrogens is 1. The van der Waals surface area contributed by atoms with Crippen molar-refractivity contribution < 1.29 is 9.90 Å². The highest BCUT2D eigenvalue weighted by molar-refractivity contribution is 5.96. The second-order valence-electron chi connectivity index (χ2n) is 8.67. The molecule has 30 heavy (non-hydrogen) atoms. The number of aliphatic hydroxyl groups is 1. The van der Waals surface area contributed by atoms with Gasteiger partial charge < -0.3 is 10.4 Å². The number of aliphatic hydroxyl groups excluding tert-OH is 1. The number of hydrogen-bond donors (Lipinski definition) is 3. The van der Waals surface area contributed by atoms with E-state index in [1.165, 1.54) is 6.42 Å². The number of nitrogens with one attached hydrogen (secondary N) is 2. The number of nitrogens with zero attached hydrogens (tertiary/aromatic N) is 1. The highest BCUT2D eigenvalue weighted by atomic mass is 16.3. The van der Waals surface area contributed by atoms with Crippen molar-refractivity contribution >= 4 is 22.5 Å². The standard InChI is InChI=1S/C25H27N3O2/c1-15-5-6-19(25(30)27-21-3-2-4-21)12-22(15)18-10-9-17-13-23(26-14-20(17)11-18)28-24(29)16-7-8-16/h5-6,9-14,16,21,25,27,30H,2-4,7-8H2,1H3,(H,26,28,29). The van der Waals surface area contributed by atoms with Gasteiger partial charge in [-0.1, -0.05) is 30.7 Å². The Kier molecular flexibility index (Phi) is 5.01. The zero-order valence-electron chi connectivity index (χ0n) is 17.2. The van der Waals surface area contributed by atoms with Gasteiger partial charge in [0.2, 0.25) is 5.91 Å². The molecule has 1 atom stereocenters. The molecule has 2 aliphatic carbocycles. The maximum atomic E-state index is 12.0. The topological polar surface area (TPSA) is 74.2 Å². The van der Waals surface area contributed by atoms with Gasteiger partial charge in [0, 0.05) is 23.5 Å². The molecule has 0 bridgehead atoms. The van der Waals surface area contributed by atoms with Gasteiger partial charge in [-0.05, 0) is 78.4 Å². The molecule has 3 aromatic rings. The van der Waals surface area contributed by atoms with Gasteiger partial charge in [0.05, 0.1) is 0 Å². The smallest absolute Gasteiger partial charge is 0.228 e. The molecule has 0 saturated heterocycles. The first-order valence-electron chi connectivity index (χ1n) is 10.8. The van der Waals surface area contributed by atoms with Crippen molar-refractivity contribution in [3.05, 3.63) is 59.8 Å². The maximum absolute atomic E-state index is 12.0. The number of benzene rings is 2. The lowest BCUT2D eigenvalue weighted by Gasteiger charge is -2.29. The van der Waals surface area contributed by atoms with Gasteiger partial charge in [-0.15, -0.1) is 0 Å². The van der Waals surface area contributed by atoms with Crippen molar-refractivity contribution in [2.45, 2.75) is 51.3 Å². The lowest BCUT2D eigenvalue weighted by Crippen LogP contribution is -2.37. The normalized spacial score (nSPS) is 17.5. The van der Waals surface area contributed by atoms with Crippen LogP contribution in [0.2, 0.25) is 0 Å². The van der Waals surface area contributed by atoms with Crippen molar-refractivity contribution in [3.8, 4) is 11.1 Å². The van der Waals surface area contributed by atoms with E-state index >= 15 is 0 Å². The third kappa shape index (κ3) is 3.95. The van der Waals surface area contributed by atoms with E-state index < -0.39 is 6.23 Å². The van der Waals surface area contributed by atoms with E-state index in [9.17, 15) is 9.90 Å². The van der Waals surface area contributed by atoms with Crippen LogP contribution in [0.4, 0.5) is 5.82 Å². The van der Waals surface area contributed by atoms with Gasteiger partial charge in [-0.2, -0.15) is 0 Å². The zero-order valence-corrected chi connectivity index (χ0v) is 17.2. The molecule has 2 aromatic carbocycles. The molecule has 1 heterocycles. The minimum absolute atomic E-state index is 0.0694. The van der Waals surface area contributed by atoms with Crippen LogP contribution >= 0.6 is 0 Å². The molecule has 0 radical (unpaired) electrons. The highest BCUT2D eigenvalue weighted by Gasteiger charge is 2.29.